The highest BCUT2D eigenvalue weighted by Crippen LogP contribution is 2.12. The Morgan fingerprint density at radius 1 is 1.58 bits per heavy atom. The molecule has 0 saturated heterocycles. The van der Waals surface area contributed by atoms with Crippen molar-refractivity contribution in [3.05, 3.63) is 22.8 Å². The second-order valence-corrected chi connectivity index (χ2v) is 6.16. The highest BCUT2D eigenvalue weighted by molar-refractivity contribution is 9.10. The zero-order chi connectivity index (χ0) is 13.8. The number of carbonyl (C=O) groups excluding carboxylic acids is 1. The number of carbonyl (C=O) groups is 1. The van der Waals surface area contributed by atoms with Crippen LogP contribution in [-0.2, 0) is 0 Å². The van der Waals surface area contributed by atoms with Gasteiger partial charge in [-0.1, -0.05) is 6.92 Å². The average molecular weight is 344 g/mol. The second kappa shape index (κ2) is 6.25. The first-order valence-electron chi connectivity index (χ1n) is 5.68. The molecule has 0 saturated carbocycles. The third-order valence-corrected chi connectivity index (χ3v) is 3.91. The molecule has 6 nitrogen and oxygen atoms in total. The number of aromatic nitrogens is 3. The molecular weight excluding hydrogens is 330 g/mol. The first-order chi connectivity index (χ1) is 9.08. The maximum absolute atomic E-state index is 11.6. The van der Waals surface area contributed by atoms with Crippen LogP contribution in [0.5, 0.6) is 0 Å². The van der Waals surface area contributed by atoms with Gasteiger partial charge in [-0.15, -0.1) is 5.10 Å². The molecule has 2 heterocycles. The maximum atomic E-state index is 11.6. The van der Waals surface area contributed by atoms with Crippen molar-refractivity contribution in [3.8, 4) is 0 Å². The summed E-state index contributed by atoms with van der Waals surface area (Å²) in [6, 6.07) is 3.39. The van der Waals surface area contributed by atoms with Gasteiger partial charge in [-0.25, -0.2) is 9.31 Å². The van der Waals surface area contributed by atoms with E-state index in [4.69, 9.17) is 0 Å². The molecule has 0 radical (unpaired) electrons. The SMILES string of the molecule is CSC(C)CNC(=O)Nc1nc2ccc(Br)cn2n1. The number of pyridine rings is 1. The summed E-state index contributed by atoms with van der Waals surface area (Å²) < 4.78 is 2.50. The Morgan fingerprint density at radius 2 is 2.37 bits per heavy atom. The summed E-state index contributed by atoms with van der Waals surface area (Å²) in [6.07, 6.45) is 3.78. The smallest absolute Gasteiger partial charge is 0.321 e. The van der Waals surface area contributed by atoms with Crippen LogP contribution in [0.25, 0.3) is 5.65 Å². The van der Waals surface area contributed by atoms with Gasteiger partial charge in [0.1, 0.15) is 0 Å². The van der Waals surface area contributed by atoms with Gasteiger partial charge in [0.05, 0.1) is 0 Å². The number of urea groups is 1. The predicted octanol–water partition coefficient (Wildman–Crippen LogP) is 2.36. The van der Waals surface area contributed by atoms with Crippen molar-refractivity contribution in [2.24, 2.45) is 0 Å². The Hall–Kier alpha value is -1.28. The summed E-state index contributed by atoms with van der Waals surface area (Å²) in [4.78, 5) is 15.8. The van der Waals surface area contributed by atoms with Crippen LogP contribution >= 0.6 is 27.7 Å². The van der Waals surface area contributed by atoms with E-state index in [9.17, 15) is 4.79 Å². The summed E-state index contributed by atoms with van der Waals surface area (Å²) in [6.45, 7) is 2.65. The monoisotopic (exact) mass is 343 g/mol. The number of anilines is 1. The van der Waals surface area contributed by atoms with Crippen molar-refractivity contribution >= 4 is 45.3 Å². The Morgan fingerprint density at radius 3 is 3.11 bits per heavy atom. The molecule has 19 heavy (non-hydrogen) atoms. The lowest BCUT2D eigenvalue weighted by Gasteiger charge is -2.09. The quantitative estimate of drug-likeness (QED) is 0.893. The van der Waals surface area contributed by atoms with Crippen LogP contribution in [0, 0.1) is 0 Å². The van der Waals surface area contributed by atoms with Crippen LogP contribution in [0.3, 0.4) is 0 Å². The molecule has 0 aliphatic heterocycles. The van der Waals surface area contributed by atoms with Gasteiger partial charge in [0.2, 0.25) is 0 Å². The Balaban J connectivity index is 1.99. The van der Waals surface area contributed by atoms with Gasteiger partial charge in [0.25, 0.3) is 5.95 Å². The molecule has 102 valence electrons. The third-order valence-electron chi connectivity index (χ3n) is 2.47. The molecule has 2 rings (SSSR count). The average Bonchev–Trinajstić information content (AvgIpc) is 2.77. The molecule has 8 heteroatoms. The van der Waals surface area contributed by atoms with Crippen molar-refractivity contribution in [1.82, 2.24) is 19.9 Å². The number of fused-ring (bicyclic) bond motifs is 1. The van der Waals surface area contributed by atoms with E-state index in [-0.39, 0.29) is 12.0 Å². The number of nitrogens with zero attached hydrogens (tertiary/aromatic N) is 3. The third kappa shape index (κ3) is 3.84. The lowest BCUT2D eigenvalue weighted by Crippen LogP contribution is -2.33. The van der Waals surface area contributed by atoms with Crippen molar-refractivity contribution < 1.29 is 4.79 Å². The molecule has 0 aliphatic carbocycles. The highest BCUT2D eigenvalue weighted by Gasteiger charge is 2.08. The van der Waals surface area contributed by atoms with Crippen LogP contribution in [0.2, 0.25) is 0 Å². The lowest BCUT2D eigenvalue weighted by atomic mass is 10.5. The van der Waals surface area contributed by atoms with Gasteiger partial charge >= 0.3 is 6.03 Å². The normalized spacial score (nSPS) is 12.4. The maximum Gasteiger partial charge on any atom is 0.321 e. The summed E-state index contributed by atoms with van der Waals surface area (Å²) in [5.74, 6) is 0.285. The minimum absolute atomic E-state index is 0.285. The summed E-state index contributed by atoms with van der Waals surface area (Å²) in [5, 5.41) is 9.91. The van der Waals surface area contributed by atoms with Crippen LogP contribution in [0.1, 0.15) is 6.92 Å². The number of nitrogens with one attached hydrogen (secondary N) is 2. The fraction of sp³-hybridized carbons (Fsp3) is 0.364. The van der Waals surface area contributed by atoms with E-state index in [1.54, 1.807) is 22.5 Å². The molecule has 1 atom stereocenters. The molecule has 2 amide bonds. The second-order valence-electron chi connectivity index (χ2n) is 3.97. The summed E-state index contributed by atoms with van der Waals surface area (Å²) in [5.41, 5.74) is 0.677. The summed E-state index contributed by atoms with van der Waals surface area (Å²) in [7, 11) is 0. The van der Waals surface area contributed by atoms with E-state index in [0.29, 0.717) is 17.4 Å². The molecule has 0 bridgehead atoms. The van der Waals surface area contributed by atoms with Crippen LogP contribution in [0.15, 0.2) is 22.8 Å². The Bertz CT molecular complexity index is 587. The van der Waals surface area contributed by atoms with Crippen molar-refractivity contribution in [1.29, 1.82) is 0 Å². The number of hydrogen-bond donors (Lipinski definition) is 2. The van der Waals surface area contributed by atoms with E-state index < -0.39 is 0 Å². The minimum Gasteiger partial charge on any atom is -0.337 e. The first kappa shape index (κ1) is 14.1. The van der Waals surface area contributed by atoms with Gasteiger partial charge in [-0.05, 0) is 34.3 Å². The molecule has 1 unspecified atom stereocenters. The number of halogens is 1. The number of hydrogen-bond acceptors (Lipinski definition) is 4. The molecule has 0 spiro atoms. The van der Waals surface area contributed by atoms with Gasteiger partial charge < -0.3 is 5.32 Å². The zero-order valence-electron chi connectivity index (χ0n) is 10.6. The predicted molar refractivity (Wildman–Crippen MR) is 80.7 cm³/mol. The molecule has 0 aliphatic rings. The highest BCUT2D eigenvalue weighted by atomic mass is 79.9. The van der Waals surface area contributed by atoms with Gasteiger partial charge in [0, 0.05) is 22.5 Å². The topological polar surface area (TPSA) is 71.3 Å². The molecule has 2 N–H and O–H groups in total. The van der Waals surface area contributed by atoms with E-state index >= 15 is 0 Å². The largest absolute Gasteiger partial charge is 0.337 e. The van der Waals surface area contributed by atoms with Gasteiger partial charge in [-0.2, -0.15) is 16.7 Å². The number of thioether (sulfide) groups is 1. The van der Waals surface area contributed by atoms with E-state index in [0.717, 1.165) is 4.47 Å². The van der Waals surface area contributed by atoms with Crippen LogP contribution < -0.4 is 10.6 Å². The van der Waals surface area contributed by atoms with Crippen molar-refractivity contribution in [2.75, 3.05) is 18.1 Å². The zero-order valence-corrected chi connectivity index (χ0v) is 13.0. The van der Waals surface area contributed by atoms with Crippen LogP contribution in [-0.4, -0.2) is 38.7 Å². The molecule has 0 fully saturated rings. The van der Waals surface area contributed by atoms with Crippen molar-refractivity contribution in [3.63, 3.8) is 0 Å². The summed E-state index contributed by atoms with van der Waals surface area (Å²) >= 11 is 5.05. The van der Waals surface area contributed by atoms with E-state index in [2.05, 4.69) is 36.6 Å². The fourth-order valence-corrected chi connectivity index (χ4v) is 1.95. The first-order valence-corrected chi connectivity index (χ1v) is 7.76. The Labute approximate surface area is 123 Å². The molecule has 2 aromatic rings. The fourth-order valence-electron chi connectivity index (χ4n) is 1.38. The molecule has 2 aromatic heterocycles. The number of rotatable bonds is 4. The Kier molecular flexibility index (Phi) is 4.65. The minimum atomic E-state index is -0.295. The standard InChI is InChI=1S/C11H14BrN5OS/c1-7(19-2)5-13-11(18)15-10-14-9-4-3-8(12)6-17(9)16-10/h3-4,6-7H,5H2,1-2H3,(H2,13,15,16,18). The van der Waals surface area contributed by atoms with E-state index in [1.165, 1.54) is 0 Å². The molecular formula is C11H14BrN5OS. The van der Waals surface area contributed by atoms with Crippen molar-refractivity contribution in [2.45, 2.75) is 12.2 Å². The van der Waals surface area contributed by atoms with Gasteiger partial charge in [-0.3, -0.25) is 5.32 Å². The van der Waals surface area contributed by atoms with Crippen LogP contribution in [0.4, 0.5) is 10.7 Å². The molecule has 0 aromatic carbocycles. The lowest BCUT2D eigenvalue weighted by molar-refractivity contribution is 0.252. The number of amides is 2. The van der Waals surface area contributed by atoms with E-state index in [1.807, 2.05) is 25.3 Å². The van der Waals surface area contributed by atoms with Gasteiger partial charge in [0.15, 0.2) is 5.65 Å².